The first kappa shape index (κ1) is 19.4. The molecule has 28 heavy (non-hydrogen) atoms. The number of nitrogens with zero attached hydrogens (tertiary/aromatic N) is 3. The highest BCUT2D eigenvalue weighted by Gasteiger charge is 2.30. The van der Waals surface area contributed by atoms with Crippen molar-refractivity contribution < 1.29 is 13.9 Å². The fourth-order valence-electron chi connectivity index (χ4n) is 4.06. The van der Waals surface area contributed by atoms with Gasteiger partial charge in [0.15, 0.2) is 0 Å². The van der Waals surface area contributed by atoms with Gasteiger partial charge in [-0.05, 0) is 37.5 Å². The average Bonchev–Trinajstić information content (AvgIpc) is 3.22. The lowest BCUT2D eigenvalue weighted by Gasteiger charge is -2.32. The maximum Gasteiger partial charge on any atom is 0.146 e. The van der Waals surface area contributed by atoms with Crippen LogP contribution in [0.4, 0.5) is 10.1 Å². The van der Waals surface area contributed by atoms with Crippen molar-refractivity contribution in [2.75, 3.05) is 37.8 Å². The molecule has 0 radical (unpaired) electrons. The molecule has 1 N–H and O–H groups in total. The van der Waals surface area contributed by atoms with E-state index in [-0.39, 0.29) is 18.0 Å². The molecule has 0 spiro atoms. The third-order valence-corrected chi connectivity index (χ3v) is 5.60. The summed E-state index contributed by atoms with van der Waals surface area (Å²) in [6.07, 6.45) is 5.79. The van der Waals surface area contributed by atoms with E-state index in [0.29, 0.717) is 25.4 Å². The van der Waals surface area contributed by atoms with E-state index in [9.17, 15) is 4.39 Å². The lowest BCUT2D eigenvalue weighted by Crippen LogP contribution is -2.40. The van der Waals surface area contributed by atoms with Crippen LogP contribution in [0.2, 0.25) is 0 Å². The molecule has 152 valence electrons. The molecular weight excluding hydrogens is 359 g/mol. The Balaban J connectivity index is 1.42. The molecular formula is C21H29FN4O2. The number of nitrogens with one attached hydrogen (secondary N) is 1. The van der Waals surface area contributed by atoms with Crippen molar-refractivity contribution in [3.05, 3.63) is 47.8 Å². The van der Waals surface area contributed by atoms with Crippen molar-refractivity contribution >= 4 is 5.69 Å². The molecule has 7 heteroatoms. The maximum absolute atomic E-state index is 14.7. The van der Waals surface area contributed by atoms with Crippen LogP contribution in [-0.4, -0.2) is 48.5 Å². The van der Waals surface area contributed by atoms with Gasteiger partial charge in [0.2, 0.25) is 0 Å². The second-order valence-electron chi connectivity index (χ2n) is 7.38. The van der Waals surface area contributed by atoms with Crippen molar-refractivity contribution in [1.82, 2.24) is 14.9 Å². The quantitative estimate of drug-likeness (QED) is 0.825. The van der Waals surface area contributed by atoms with Gasteiger partial charge in [0, 0.05) is 51.2 Å². The van der Waals surface area contributed by atoms with Crippen molar-refractivity contribution in [2.24, 2.45) is 0 Å². The minimum absolute atomic E-state index is 0.0684. The summed E-state index contributed by atoms with van der Waals surface area (Å²) in [4.78, 5) is 6.56. The van der Waals surface area contributed by atoms with Crippen molar-refractivity contribution in [1.29, 1.82) is 0 Å². The standard InChI is InChI=1S/C21H29FN4O2/c1-2-25-8-7-23-21(25)20-18(4-3-11-28-20)24-15-16-5-6-19(17(22)14-16)26-9-12-27-13-10-26/h5-8,14,18,20,24H,2-4,9-13,15H2,1H3/t18-,20-/m0/s1. The number of morpholine rings is 1. The van der Waals surface area contributed by atoms with Crippen molar-refractivity contribution in [2.45, 2.75) is 45.0 Å². The molecule has 4 rings (SSSR count). The number of anilines is 1. The highest BCUT2D eigenvalue weighted by Crippen LogP contribution is 2.28. The van der Waals surface area contributed by atoms with Crippen LogP contribution < -0.4 is 10.2 Å². The van der Waals surface area contributed by atoms with E-state index in [2.05, 4.69) is 21.8 Å². The summed E-state index contributed by atoms with van der Waals surface area (Å²) >= 11 is 0. The monoisotopic (exact) mass is 388 g/mol. The van der Waals surface area contributed by atoms with Gasteiger partial charge in [-0.15, -0.1) is 0 Å². The van der Waals surface area contributed by atoms with Gasteiger partial charge in [0.25, 0.3) is 0 Å². The number of aromatic nitrogens is 2. The zero-order chi connectivity index (χ0) is 19.3. The summed E-state index contributed by atoms with van der Waals surface area (Å²) in [7, 11) is 0. The third-order valence-electron chi connectivity index (χ3n) is 5.60. The largest absolute Gasteiger partial charge is 0.378 e. The Morgan fingerprint density at radius 1 is 1.25 bits per heavy atom. The highest BCUT2D eigenvalue weighted by atomic mass is 19.1. The highest BCUT2D eigenvalue weighted by molar-refractivity contribution is 5.49. The van der Waals surface area contributed by atoms with Gasteiger partial charge in [0.05, 0.1) is 18.9 Å². The lowest BCUT2D eigenvalue weighted by atomic mass is 10.0. The van der Waals surface area contributed by atoms with E-state index >= 15 is 0 Å². The van der Waals surface area contributed by atoms with Crippen LogP contribution in [0.5, 0.6) is 0 Å². The number of rotatable bonds is 6. The smallest absolute Gasteiger partial charge is 0.146 e. The van der Waals surface area contributed by atoms with Crippen molar-refractivity contribution in [3.63, 3.8) is 0 Å². The number of benzene rings is 1. The second-order valence-corrected chi connectivity index (χ2v) is 7.38. The van der Waals surface area contributed by atoms with E-state index in [1.54, 1.807) is 6.07 Å². The van der Waals surface area contributed by atoms with E-state index < -0.39 is 0 Å². The zero-order valence-corrected chi connectivity index (χ0v) is 16.4. The Kier molecular flexibility index (Phi) is 6.24. The van der Waals surface area contributed by atoms with Gasteiger partial charge in [-0.3, -0.25) is 0 Å². The zero-order valence-electron chi connectivity index (χ0n) is 16.4. The first-order valence-electron chi connectivity index (χ1n) is 10.2. The minimum atomic E-state index is -0.167. The van der Waals surface area contributed by atoms with E-state index in [4.69, 9.17) is 9.47 Å². The summed E-state index contributed by atoms with van der Waals surface area (Å²) in [5, 5.41) is 3.58. The van der Waals surface area contributed by atoms with Gasteiger partial charge in [-0.1, -0.05) is 6.07 Å². The van der Waals surface area contributed by atoms with Crippen LogP contribution in [0, 0.1) is 5.82 Å². The van der Waals surface area contributed by atoms with E-state index in [0.717, 1.165) is 50.5 Å². The van der Waals surface area contributed by atoms with Gasteiger partial charge in [0.1, 0.15) is 17.7 Å². The summed E-state index contributed by atoms with van der Waals surface area (Å²) in [6.45, 7) is 7.11. The Morgan fingerprint density at radius 3 is 2.89 bits per heavy atom. The molecule has 1 aromatic heterocycles. The molecule has 2 atom stereocenters. The number of hydrogen-bond donors (Lipinski definition) is 1. The molecule has 0 amide bonds. The first-order valence-corrected chi connectivity index (χ1v) is 10.2. The van der Waals surface area contributed by atoms with Gasteiger partial charge in [-0.2, -0.15) is 0 Å². The fourth-order valence-corrected chi connectivity index (χ4v) is 4.06. The van der Waals surface area contributed by atoms with Crippen molar-refractivity contribution in [3.8, 4) is 0 Å². The number of hydrogen-bond acceptors (Lipinski definition) is 5. The summed E-state index contributed by atoms with van der Waals surface area (Å²) in [5.41, 5.74) is 1.61. The predicted molar refractivity (Wildman–Crippen MR) is 106 cm³/mol. The van der Waals surface area contributed by atoms with Crippen LogP contribution >= 0.6 is 0 Å². The van der Waals surface area contributed by atoms with Gasteiger partial charge < -0.3 is 24.3 Å². The SMILES string of the molecule is CCn1ccnc1[C@H]1OCCC[C@@H]1NCc1ccc(N2CCOCC2)c(F)c1. The van der Waals surface area contributed by atoms with Crippen LogP contribution in [0.1, 0.15) is 37.3 Å². The molecule has 0 aliphatic carbocycles. The third kappa shape index (κ3) is 4.21. The fraction of sp³-hybridized carbons (Fsp3) is 0.571. The Morgan fingerprint density at radius 2 is 2.11 bits per heavy atom. The van der Waals surface area contributed by atoms with Crippen LogP contribution in [0.3, 0.4) is 0 Å². The molecule has 0 bridgehead atoms. The van der Waals surface area contributed by atoms with E-state index in [1.807, 2.05) is 29.4 Å². The molecule has 0 unspecified atom stereocenters. The number of aryl methyl sites for hydroxylation is 1. The Hall–Kier alpha value is -1.96. The summed E-state index contributed by atoms with van der Waals surface area (Å²) in [5.74, 6) is 0.799. The maximum atomic E-state index is 14.7. The Bertz CT molecular complexity index is 776. The molecule has 0 saturated carbocycles. The minimum Gasteiger partial charge on any atom is -0.378 e. The molecule has 1 aromatic carbocycles. The van der Waals surface area contributed by atoms with E-state index in [1.165, 1.54) is 0 Å². The van der Waals surface area contributed by atoms with Crippen LogP contribution in [0.15, 0.2) is 30.6 Å². The number of halogens is 1. The summed E-state index contributed by atoms with van der Waals surface area (Å²) in [6, 6.07) is 5.70. The molecule has 2 fully saturated rings. The number of imidazole rings is 1. The molecule has 2 aliphatic heterocycles. The number of ether oxygens (including phenoxy) is 2. The molecule has 6 nitrogen and oxygen atoms in total. The van der Waals surface area contributed by atoms with Gasteiger partial charge in [-0.25, -0.2) is 9.37 Å². The normalized spacial score (nSPS) is 23.1. The average molecular weight is 388 g/mol. The van der Waals surface area contributed by atoms with Crippen LogP contribution in [0.25, 0.3) is 0 Å². The molecule has 2 aromatic rings. The second kappa shape index (κ2) is 9.03. The van der Waals surface area contributed by atoms with Crippen LogP contribution in [-0.2, 0) is 22.6 Å². The molecule has 2 aliphatic rings. The first-order chi connectivity index (χ1) is 13.8. The lowest BCUT2D eigenvalue weighted by molar-refractivity contribution is -0.0182. The molecule has 3 heterocycles. The van der Waals surface area contributed by atoms with Gasteiger partial charge >= 0.3 is 0 Å². The summed E-state index contributed by atoms with van der Waals surface area (Å²) < 4.78 is 28.2. The molecule has 2 saturated heterocycles. The topological polar surface area (TPSA) is 51.5 Å². The Labute approximate surface area is 165 Å². The predicted octanol–water partition coefficient (Wildman–Crippen LogP) is 2.89.